The zero-order chi connectivity index (χ0) is 6.69. The van der Waals surface area contributed by atoms with Crippen molar-refractivity contribution in [2.75, 3.05) is 0 Å². The maximum Gasteiger partial charge on any atom is 0.217 e. The lowest BCUT2D eigenvalue weighted by atomic mass is 10.0. The monoisotopic (exact) mass is 125 g/mol. The highest BCUT2D eigenvalue weighted by Crippen LogP contribution is 2.20. The molecule has 50 valence electrons. The van der Waals surface area contributed by atoms with Gasteiger partial charge in [0.25, 0.3) is 0 Å². The molecule has 0 bridgehead atoms. The Balaban J connectivity index is 2.22. The molecule has 0 aliphatic heterocycles. The molecular formula is C7H11NO. The van der Waals surface area contributed by atoms with Gasteiger partial charge in [0.15, 0.2) is 0 Å². The molecule has 0 fully saturated rings. The molecule has 1 amide bonds. The van der Waals surface area contributed by atoms with E-state index in [0.29, 0.717) is 12.3 Å². The van der Waals surface area contributed by atoms with Crippen LogP contribution in [0.3, 0.4) is 0 Å². The zero-order valence-corrected chi connectivity index (χ0v) is 5.34. The van der Waals surface area contributed by atoms with Gasteiger partial charge in [-0.1, -0.05) is 12.2 Å². The molecule has 0 saturated carbocycles. The maximum absolute atomic E-state index is 10.3. The minimum atomic E-state index is -0.177. The van der Waals surface area contributed by atoms with Gasteiger partial charge in [0.05, 0.1) is 0 Å². The Kier molecular flexibility index (Phi) is 1.88. The molecule has 0 aromatic carbocycles. The Morgan fingerprint density at radius 1 is 1.56 bits per heavy atom. The van der Waals surface area contributed by atoms with Crippen LogP contribution >= 0.6 is 0 Å². The van der Waals surface area contributed by atoms with Crippen LogP contribution in [0.2, 0.25) is 0 Å². The summed E-state index contributed by atoms with van der Waals surface area (Å²) in [7, 11) is 0. The summed E-state index contributed by atoms with van der Waals surface area (Å²) in [4.78, 5) is 10.3. The minimum Gasteiger partial charge on any atom is -0.370 e. The molecule has 0 aromatic rings. The molecule has 2 nitrogen and oxygen atoms in total. The van der Waals surface area contributed by atoms with Crippen molar-refractivity contribution in [3.63, 3.8) is 0 Å². The summed E-state index contributed by atoms with van der Waals surface area (Å²) in [6.45, 7) is 0. The van der Waals surface area contributed by atoms with Gasteiger partial charge in [-0.25, -0.2) is 0 Å². The topological polar surface area (TPSA) is 43.1 Å². The molecule has 0 radical (unpaired) electrons. The molecule has 1 rings (SSSR count). The summed E-state index contributed by atoms with van der Waals surface area (Å²) < 4.78 is 0. The fourth-order valence-electron chi connectivity index (χ4n) is 1.12. The normalized spacial score (nSPS) is 18.7. The quantitative estimate of drug-likeness (QED) is 0.546. The van der Waals surface area contributed by atoms with E-state index in [1.807, 2.05) is 0 Å². The fourth-order valence-corrected chi connectivity index (χ4v) is 1.12. The van der Waals surface area contributed by atoms with Crippen LogP contribution in [0.5, 0.6) is 0 Å². The van der Waals surface area contributed by atoms with Gasteiger partial charge in [0, 0.05) is 6.42 Å². The number of hydrogen-bond donors (Lipinski definition) is 1. The van der Waals surface area contributed by atoms with Crippen molar-refractivity contribution >= 4 is 5.91 Å². The van der Waals surface area contributed by atoms with Crippen LogP contribution in [0.15, 0.2) is 12.2 Å². The molecule has 0 aromatic heterocycles. The Bertz CT molecular complexity index is 132. The van der Waals surface area contributed by atoms with Gasteiger partial charge in [0.1, 0.15) is 0 Å². The number of amides is 1. The van der Waals surface area contributed by atoms with E-state index in [4.69, 9.17) is 5.73 Å². The fraction of sp³-hybridized carbons (Fsp3) is 0.571. The van der Waals surface area contributed by atoms with Crippen LogP contribution in [-0.2, 0) is 4.79 Å². The highest BCUT2D eigenvalue weighted by atomic mass is 16.1. The van der Waals surface area contributed by atoms with E-state index in [0.717, 1.165) is 12.8 Å². The predicted molar refractivity (Wildman–Crippen MR) is 35.7 cm³/mol. The van der Waals surface area contributed by atoms with Crippen molar-refractivity contribution in [1.29, 1.82) is 0 Å². The summed E-state index contributed by atoms with van der Waals surface area (Å²) in [5.74, 6) is 0.325. The van der Waals surface area contributed by atoms with Crippen molar-refractivity contribution in [1.82, 2.24) is 0 Å². The van der Waals surface area contributed by atoms with Gasteiger partial charge >= 0.3 is 0 Å². The number of hydrogen-bond acceptors (Lipinski definition) is 1. The smallest absolute Gasteiger partial charge is 0.217 e. The average molecular weight is 125 g/mol. The van der Waals surface area contributed by atoms with Crippen molar-refractivity contribution in [2.45, 2.75) is 19.3 Å². The lowest BCUT2D eigenvalue weighted by Crippen LogP contribution is -2.14. The molecular weight excluding hydrogens is 114 g/mol. The minimum absolute atomic E-state index is 0.177. The zero-order valence-electron chi connectivity index (χ0n) is 5.34. The van der Waals surface area contributed by atoms with E-state index in [-0.39, 0.29) is 5.91 Å². The Morgan fingerprint density at radius 2 is 2.11 bits per heavy atom. The second-order valence-corrected chi connectivity index (χ2v) is 2.48. The second kappa shape index (κ2) is 2.67. The molecule has 0 spiro atoms. The number of nitrogens with two attached hydrogens (primary N) is 1. The van der Waals surface area contributed by atoms with Crippen LogP contribution in [-0.4, -0.2) is 5.91 Å². The molecule has 2 N–H and O–H groups in total. The van der Waals surface area contributed by atoms with Crippen molar-refractivity contribution in [3.05, 3.63) is 12.2 Å². The number of allylic oxidation sites excluding steroid dienone is 2. The first-order valence-corrected chi connectivity index (χ1v) is 3.22. The SMILES string of the molecule is NC(=O)CC1CC=CC1. The lowest BCUT2D eigenvalue weighted by Gasteiger charge is -2.02. The number of carbonyl (C=O) groups is 1. The first-order chi connectivity index (χ1) is 4.29. The van der Waals surface area contributed by atoms with E-state index in [2.05, 4.69) is 12.2 Å². The summed E-state index contributed by atoms with van der Waals surface area (Å²) >= 11 is 0. The Hall–Kier alpha value is -0.790. The number of rotatable bonds is 2. The van der Waals surface area contributed by atoms with E-state index in [9.17, 15) is 4.79 Å². The predicted octanol–water partition coefficient (Wildman–Crippen LogP) is 0.828. The summed E-state index contributed by atoms with van der Waals surface area (Å²) in [5.41, 5.74) is 5.01. The molecule has 2 heteroatoms. The third-order valence-corrected chi connectivity index (χ3v) is 1.60. The molecule has 9 heavy (non-hydrogen) atoms. The molecule has 0 saturated heterocycles. The highest BCUT2D eigenvalue weighted by Gasteiger charge is 2.11. The Labute approximate surface area is 54.7 Å². The van der Waals surface area contributed by atoms with E-state index in [1.165, 1.54) is 0 Å². The van der Waals surface area contributed by atoms with Crippen LogP contribution in [0.1, 0.15) is 19.3 Å². The van der Waals surface area contributed by atoms with Crippen molar-refractivity contribution in [2.24, 2.45) is 11.7 Å². The van der Waals surface area contributed by atoms with Gasteiger partial charge in [-0.2, -0.15) is 0 Å². The van der Waals surface area contributed by atoms with E-state index < -0.39 is 0 Å². The lowest BCUT2D eigenvalue weighted by molar-refractivity contribution is -0.118. The highest BCUT2D eigenvalue weighted by molar-refractivity contribution is 5.74. The molecule has 0 heterocycles. The summed E-state index contributed by atoms with van der Waals surface area (Å²) in [6.07, 6.45) is 6.82. The largest absolute Gasteiger partial charge is 0.370 e. The van der Waals surface area contributed by atoms with Crippen LogP contribution < -0.4 is 5.73 Å². The van der Waals surface area contributed by atoms with E-state index in [1.54, 1.807) is 0 Å². The van der Waals surface area contributed by atoms with Crippen LogP contribution in [0.4, 0.5) is 0 Å². The van der Waals surface area contributed by atoms with Crippen molar-refractivity contribution in [3.8, 4) is 0 Å². The van der Waals surface area contributed by atoms with Gasteiger partial charge < -0.3 is 5.73 Å². The average Bonchev–Trinajstić information content (AvgIpc) is 2.15. The van der Waals surface area contributed by atoms with E-state index >= 15 is 0 Å². The van der Waals surface area contributed by atoms with Crippen molar-refractivity contribution < 1.29 is 4.79 Å². The van der Waals surface area contributed by atoms with Gasteiger partial charge in [-0.3, -0.25) is 4.79 Å². The molecule has 0 atom stereocenters. The molecule has 0 unspecified atom stereocenters. The molecule has 1 aliphatic rings. The number of carbonyl (C=O) groups excluding carboxylic acids is 1. The third-order valence-electron chi connectivity index (χ3n) is 1.60. The third kappa shape index (κ3) is 1.88. The first kappa shape index (κ1) is 6.33. The number of primary amides is 1. The van der Waals surface area contributed by atoms with Crippen LogP contribution in [0, 0.1) is 5.92 Å². The van der Waals surface area contributed by atoms with Gasteiger partial charge in [0.2, 0.25) is 5.91 Å². The standard InChI is InChI=1S/C7H11NO/c8-7(9)5-6-3-1-2-4-6/h1-2,6H,3-5H2,(H2,8,9). The van der Waals surface area contributed by atoms with Crippen LogP contribution in [0.25, 0.3) is 0 Å². The maximum atomic E-state index is 10.3. The second-order valence-electron chi connectivity index (χ2n) is 2.48. The Morgan fingerprint density at radius 3 is 2.56 bits per heavy atom. The summed E-state index contributed by atoms with van der Waals surface area (Å²) in [5, 5.41) is 0. The first-order valence-electron chi connectivity index (χ1n) is 3.22. The van der Waals surface area contributed by atoms with Gasteiger partial charge in [-0.15, -0.1) is 0 Å². The summed E-state index contributed by atoms with van der Waals surface area (Å²) in [6, 6.07) is 0. The molecule has 1 aliphatic carbocycles. The van der Waals surface area contributed by atoms with Gasteiger partial charge in [-0.05, 0) is 18.8 Å².